The molecule has 2 aromatic rings. The van der Waals surface area contributed by atoms with Gasteiger partial charge in [-0.1, -0.05) is 6.07 Å². The van der Waals surface area contributed by atoms with Crippen molar-refractivity contribution in [2.45, 2.75) is 13.8 Å². The number of nitriles is 1. The van der Waals surface area contributed by atoms with E-state index in [4.69, 9.17) is 9.47 Å². The Hall–Kier alpha value is -1.80. The third-order valence-corrected chi connectivity index (χ3v) is 4.85. The molecule has 0 spiro atoms. The summed E-state index contributed by atoms with van der Waals surface area (Å²) in [7, 11) is 0. The van der Waals surface area contributed by atoms with E-state index < -0.39 is 5.91 Å². The van der Waals surface area contributed by atoms with Crippen molar-refractivity contribution in [2.24, 2.45) is 0 Å². The van der Waals surface area contributed by atoms with Crippen LogP contribution in [0.25, 0.3) is 6.08 Å². The summed E-state index contributed by atoms with van der Waals surface area (Å²) >= 11 is 4.32. The van der Waals surface area contributed by atoms with Crippen LogP contribution in [0.4, 0.5) is 5.69 Å². The lowest BCUT2D eigenvalue weighted by molar-refractivity contribution is -0.112. The number of carbonyl (C=O) groups excluding carboxylic acids is 1. The number of amides is 1. The van der Waals surface area contributed by atoms with E-state index in [1.807, 2.05) is 44.2 Å². The summed E-state index contributed by atoms with van der Waals surface area (Å²) in [4.78, 5) is 12.5. The highest BCUT2D eigenvalue weighted by Crippen LogP contribution is 2.35. The van der Waals surface area contributed by atoms with Crippen LogP contribution < -0.4 is 14.8 Å². The Morgan fingerprint density at radius 3 is 2.56 bits per heavy atom. The van der Waals surface area contributed by atoms with Crippen molar-refractivity contribution in [3.8, 4) is 17.6 Å². The summed E-state index contributed by atoms with van der Waals surface area (Å²) in [6, 6.07) is 13.0. The van der Waals surface area contributed by atoms with E-state index in [9.17, 15) is 10.1 Å². The molecule has 0 aliphatic carbocycles. The highest BCUT2D eigenvalue weighted by molar-refractivity contribution is 14.1. The third kappa shape index (κ3) is 6.10. The zero-order chi connectivity index (χ0) is 19.8. The largest absolute Gasteiger partial charge is 0.490 e. The normalized spacial score (nSPS) is 10.9. The Kier molecular flexibility index (Phi) is 8.37. The molecule has 0 radical (unpaired) electrons. The van der Waals surface area contributed by atoms with Crippen molar-refractivity contribution in [2.75, 3.05) is 18.5 Å². The van der Waals surface area contributed by atoms with Gasteiger partial charge in [-0.25, -0.2) is 0 Å². The molecular formula is C20H18I2N2O3. The fourth-order valence-corrected chi connectivity index (χ4v) is 3.62. The highest BCUT2D eigenvalue weighted by atomic mass is 127. The van der Waals surface area contributed by atoms with E-state index in [0.717, 1.165) is 7.14 Å². The van der Waals surface area contributed by atoms with Gasteiger partial charge in [-0.3, -0.25) is 4.79 Å². The summed E-state index contributed by atoms with van der Waals surface area (Å²) in [5.41, 5.74) is 1.35. The summed E-state index contributed by atoms with van der Waals surface area (Å²) in [5, 5.41) is 12.2. The number of carbonyl (C=O) groups is 1. The van der Waals surface area contributed by atoms with E-state index in [0.29, 0.717) is 36.0 Å². The molecule has 2 aromatic carbocycles. The minimum Gasteiger partial charge on any atom is -0.490 e. The summed E-state index contributed by atoms with van der Waals surface area (Å²) in [6.07, 6.45) is 1.55. The first-order valence-corrected chi connectivity index (χ1v) is 10.4. The molecule has 0 aliphatic rings. The van der Waals surface area contributed by atoms with Crippen molar-refractivity contribution >= 4 is 62.9 Å². The molecule has 0 saturated carbocycles. The topological polar surface area (TPSA) is 71.3 Å². The first-order chi connectivity index (χ1) is 13.0. The Labute approximate surface area is 186 Å². The van der Waals surface area contributed by atoms with E-state index in [2.05, 4.69) is 50.5 Å². The fourth-order valence-electron chi connectivity index (χ4n) is 2.30. The van der Waals surface area contributed by atoms with Gasteiger partial charge in [0, 0.05) is 9.26 Å². The van der Waals surface area contributed by atoms with Gasteiger partial charge in [0.05, 0.1) is 16.8 Å². The third-order valence-electron chi connectivity index (χ3n) is 3.38. The summed E-state index contributed by atoms with van der Waals surface area (Å²) < 4.78 is 13.1. The number of benzene rings is 2. The minimum absolute atomic E-state index is 0.0104. The number of nitrogens with one attached hydrogen (secondary N) is 1. The van der Waals surface area contributed by atoms with E-state index in [-0.39, 0.29) is 5.57 Å². The van der Waals surface area contributed by atoms with Gasteiger partial charge in [-0.15, -0.1) is 0 Å². The van der Waals surface area contributed by atoms with Gasteiger partial charge in [0.2, 0.25) is 0 Å². The second kappa shape index (κ2) is 10.5. The molecule has 0 fully saturated rings. The molecule has 1 amide bonds. The van der Waals surface area contributed by atoms with Crippen LogP contribution in [0, 0.1) is 18.5 Å². The maximum Gasteiger partial charge on any atom is 0.266 e. The zero-order valence-electron chi connectivity index (χ0n) is 14.9. The van der Waals surface area contributed by atoms with Gasteiger partial charge >= 0.3 is 0 Å². The summed E-state index contributed by atoms with van der Waals surface area (Å²) in [5.74, 6) is 0.799. The molecule has 140 valence electrons. The van der Waals surface area contributed by atoms with Gasteiger partial charge < -0.3 is 14.8 Å². The van der Waals surface area contributed by atoms with Crippen LogP contribution in [-0.2, 0) is 4.79 Å². The first-order valence-electron chi connectivity index (χ1n) is 8.26. The van der Waals surface area contributed by atoms with Crippen molar-refractivity contribution in [1.82, 2.24) is 0 Å². The number of anilines is 1. The Morgan fingerprint density at radius 2 is 1.93 bits per heavy atom. The van der Waals surface area contributed by atoms with Gasteiger partial charge in [0.1, 0.15) is 11.6 Å². The SMILES string of the molecule is CCOc1cc(/C=C(\C#N)C(=O)Nc2cccc(I)c2)cc(I)c1OCC. The zero-order valence-corrected chi connectivity index (χ0v) is 19.2. The Morgan fingerprint density at radius 1 is 1.19 bits per heavy atom. The number of nitrogens with zero attached hydrogens (tertiary/aromatic N) is 1. The van der Waals surface area contributed by atoms with E-state index in [1.165, 1.54) is 0 Å². The van der Waals surface area contributed by atoms with Gasteiger partial charge in [0.15, 0.2) is 11.5 Å². The second-order valence-electron chi connectivity index (χ2n) is 5.33. The van der Waals surface area contributed by atoms with Crippen LogP contribution in [0.1, 0.15) is 19.4 Å². The monoisotopic (exact) mass is 588 g/mol. The number of halogens is 2. The molecule has 0 aromatic heterocycles. The van der Waals surface area contributed by atoms with Gasteiger partial charge in [-0.05, 0) is 101 Å². The van der Waals surface area contributed by atoms with Crippen molar-refractivity contribution in [3.63, 3.8) is 0 Å². The number of rotatable bonds is 7. The number of hydrogen-bond donors (Lipinski definition) is 1. The van der Waals surface area contributed by atoms with Crippen molar-refractivity contribution in [3.05, 3.63) is 54.7 Å². The second-order valence-corrected chi connectivity index (χ2v) is 7.74. The molecule has 2 rings (SSSR count). The summed E-state index contributed by atoms with van der Waals surface area (Å²) in [6.45, 7) is 4.80. The van der Waals surface area contributed by atoms with Crippen LogP contribution in [0.15, 0.2) is 42.0 Å². The molecule has 0 saturated heterocycles. The minimum atomic E-state index is -0.457. The molecule has 1 N–H and O–H groups in total. The van der Waals surface area contributed by atoms with E-state index >= 15 is 0 Å². The predicted molar refractivity (Wildman–Crippen MR) is 123 cm³/mol. The number of ether oxygens (including phenoxy) is 2. The Bertz CT molecular complexity index is 905. The molecular weight excluding hydrogens is 570 g/mol. The van der Waals surface area contributed by atoms with Crippen molar-refractivity contribution < 1.29 is 14.3 Å². The van der Waals surface area contributed by atoms with Crippen LogP contribution >= 0.6 is 45.2 Å². The molecule has 5 nitrogen and oxygen atoms in total. The van der Waals surface area contributed by atoms with Crippen molar-refractivity contribution in [1.29, 1.82) is 5.26 Å². The van der Waals surface area contributed by atoms with Crippen LogP contribution in [0.5, 0.6) is 11.5 Å². The lowest BCUT2D eigenvalue weighted by atomic mass is 10.1. The molecule has 27 heavy (non-hydrogen) atoms. The quantitative estimate of drug-likeness (QED) is 0.273. The lowest BCUT2D eigenvalue weighted by Gasteiger charge is -2.13. The smallest absolute Gasteiger partial charge is 0.266 e. The van der Waals surface area contributed by atoms with Crippen LogP contribution in [0.3, 0.4) is 0 Å². The molecule has 0 unspecified atom stereocenters. The molecule has 0 aliphatic heterocycles. The average Bonchev–Trinajstić information content (AvgIpc) is 2.62. The molecule has 0 atom stereocenters. The molecule has 0 heterocycles. The first kappa shape index (κ1) is 21.5. The Balaban J connectivity index is 2.33. The maximum atomic E-state index is 12.5. The van der Waals surface area contributed by atoms with Crippen LogP contribution in [0.2, 0.25) is 0 Å². The number of hydrogen-bond acceptors (Lipinski definition) is 4. The molecule has 7 heteroatoms. The highest BCUT2D eigenvalue weighted by Gasteiger charge is 2.14. The maximum absolute atomic E-state index is 12.5. The van der Waals surface area contributed by atoms with E-state index in [1.54, 1.807) is 18.2 Å². The molecule has 0 bridgehead atoms. The van der Waals surface area contributed by atoms with Crippen LogP contribution in [-0.4, -0.2) is 19.1 Å². The van der Waals surface area contributed by atoms with Gasteiger partial charge in [0.25, 0.3) is 5.91 Å². The average molecular weight is 588 g/mol. The predicted octanol–water partition coefficient (Wildman–Crippen LogP) is 5.24. The lowest BCUT2D eigenvalue weighted by Crippen LogP contribution is -2.13. The fraction of sp³-hybridized carbons (Fsp3) is 0.200. The van der Waals surface area contributed by atoms with Gasteiger partial charge in [-0.2, -0.15) is 5.26 Å². The standard InChI is InChI=1S/C20H18I2N2O3/c1-3-26-18-10-13(9-17(22)19(18)27-4-2)8-14(12-23)20(25)24-16-7-5-6-15(21)11-16/h5-11H,3-4H2,1-2H3,(H,24,25)/b14-8+.